The lowest BCUT2D eigenvalue weighted by molar-refractivity contribution is -0.161. The normalized spacial score (nSPS) is 14.5. The van der Waals surface area contributed by atoms with E-state index >= 15 is 0 Å². The van der Waals surface area contributed by atoms with Crippen molar-refractivity contribution in [2.24, 2.45) is 5.92 Å². The number of phosphoric ester groups is 2. The summed E-state index contributed by atoms with van der Waals surface area (Å²) in [6.07, 6.45) is 44.8. The van der Waals surface area contributed by atoms with E-state index in [0.29, 0.717) is 25.7 Å². The van der Waals surface area contributed by atoms with E-state index in [9.17, 15) is 43.2 Å². The summed E-state index contributed by atoms with van der Waals surface area (Å²) in [6.45, 7) is 7.12. The van der Waals surface area contributed by atoms with Crippen LogP contribution in [0, 0.1) is 5.92 Å². The second-order valence-corrected chi connectivity index (χ2v) is 27.0. The van der Waals surface area contributed by atoms with Crippen LogP contribution in [-0.2, 0) is 65.4 Å². The lowest BCUT2D eigenvalue weighted by Crippen LogP contribution is -2.30. The molecule has 6 atom stereocenters. The Morgan fingerprint density at radius 2 is 0.565 bits per heavy atom. The fourth-order valence-corrected chi connectivity index (χ4v) is 11.5. The molecule has 0 fully saturated rings. The lowest BCUT2D eigenvalue weighted by Gasteiger charge is -2.21. The molecule has 3 N–H and O–H groups in total. The van der Waals surface area contributed by atoms with Crippen LogP contribution in [0.25, 0.3) is 0 Å². The van der Waals surface area contributed by atoms with Crippen molar-refractivity contribution in [3.8, 4) is 0 Å². The molecule has 0 aromatic heterocycles. The van der Waals surface area contributed by atoms with Crippen molar-refractivity contribution in [1.82, 2.24) is 0 Å². The third-order valence-corrected chi connectivity index (χ3v) is 17.5. The van der Waals surface area contributed by atoms with E-state index in [1.807, 2.05) is 0 Å². The monoisotopic (exact) mass is 1250 g/mol. The fraction of sp³-hybridized carbons (Fsp3) is 0.939. The Hall–Kier alpha value is -1.94. The largest absolute Gasteiger partial charge is 0.472 e. The lowest BCUT2D eigenvalue weighted by atomic mass is 9.99. The Labute approximate surface area is 517 Å². The summed E-state index contributed by atoms with van der Waals surface area (Å²) < 4.78 is 67.9. The van der Waals surface area contributed by atoms with Gasteiger partial charge in [0.1, 0.15) is 19.3 Å². The third-order valence-electron chi connectivity index (χ3n) is 15.6. The molecule has 0 rings (SSSR count). The zero-order chi connectivity index (χ0) is 62.8. The van der Waals surface area contributed by atoms with Crippen LogP contribution in [0.1, 0.15) is 336 Å². The van der Waals surface area contributed by atoms with Gasteiger partial charge in [0.05, 0.1) is 26.4 Å². The van der Waals surface area contributed by atoms with Crippen molar-refractivity contribution in [2.45, 2.75) is 355 Å². The van der Waals surface area contributed by atoms with E-state index in [-0.39, 0.29) is 25.7 Å². The first-order valence-corrected chi connectivity index (χ1v) is 37.7. The molecule has 0 aliphatic carbocycles. The van der Waals surface area contributed by atoms with E-state index in [1.165, 1.54) is 154 Å². The average Bonchev–Trinajstić information content (AvgIpc) is 3.55. The first-order chi connectivity index (χ1) is 41.1. The van der Waals surface area contributed by atoms with Crippen molar-refractivity contribution >= 4 is 39.5 Å². The zero-order valence-corrected chi connectivity index (χ0v) is 56.5. The number of carbonyl (C=O) groups is 4. The van der Waals surface area contributed by atoms with Gasteiger partial charge in [0.25, 0.3) is 0 Å². The van der Waals surface area contributed by atoms with E-state index in [0.717, 1.165) is 102 Å². The Morgan fingerprint density at radius 3 is 0.835 bits per heavy atom. The molecule has 0 amide bonds. The SMILES string of the molecule is CCCCCCCCCCCCCCCCCCCCC(=O)O[C@H](COC(=O)CCCCCCCCCCC(C)CC)COP(=O)(O)OC[C@@H](O)COP(=O)(O)OC[C@@H](COC(=O)CCCCCCC)OC(=O)CCCCCCCCCCCC. The van der Waals surface area contributed by atoms with E-state index in [1.54, 1.807) is 0 Å². The molecule has 0 aliphatic heterocycles. The highest BCUT2D eigenvalue weighted by molar-refractivity contribution is 7.47. The Kier molecular flexibility index (Phi) is 58.3. The second-order valence-electron chi connectivity index (χ2n) is 24.1. The number of phosphoric acid groups is 2. The van der Waals surface area contributed by atoms with Crippen LogP contribution in [0.15, 0.2) is 0 Å². The Morgan fingerprint density at radius 1 is 0.329 bits per heavy atom. The molecule has 0 radical (unpaired) electrons. The number of aliphatic hydroxyl groups excluding tert-OH is 1. The highest BCUT2D eigenvalue weighted by atomic mass is 31.2. The maximum Gasteiger partial charge on any atom is 0.472 e. The van der Waals surface area contributed by atoms with Crippen molar-refractivity contribution in [1.29, 1.82) is 0 Å². The number of carbonyl (C=O) groups excluding carboxylic acids is 4. The van der Waals surface area contributed by atoms with Crippen LogP contribution >= 0.6 is 15.6 Å². The molecule has 0 saturated carbocycles. The number of aliphatic hydroxyl groups is 1. The molecule has 19 heteroatoms. The van der Waals surface area contributed by atoms with Crippen LogP contribution in [0.4, 0.5) is 0 Å². The topological polar surface area (TPSA) is 237 Å². The zero-order valence-electron chi connectivity index (χ0n) is 54.7. The van der Waals surface area contributed by atoms with E-state index in [2.05, 4.69) is 34.6 Å². The molecule has 17 nitrogen and oxygen atoms in total. The van der Waals surface area contributed by atoms with Gasteiger partial charge >= 0.3 is 39.5 Å². The van der Waals surface area contributed by atoms with Crippen molar-refractivity contribution in [3.05, 3.63) is 0 Å². The molecular weight excluding hydrogens is 1130 g/mol. The van der Waals surface area contributed by atoms with Crippen molar-refractivity contribution < 1.29 is 80.2 Å². The summed E-state index contributed by atoms with van der Waals surface area (Å²) in [4.78, 5) is 72.0. The molecule has 0 saturated heterocycles. The van der Waals surface area contributed by atoms with Gasteiger partial charge in [0, 0.05) is 25.7 Å². The molecular formula is C66H128O17P2. The van der Waals surface area contributed by atoms with Crippen LogP contribution in [-0.4, -0.2) is 96.7 Å². The summed E-state index contributed by atoms with van der Waals surface area (Å²) in [6, 6.07) is 0. The molecule has 0 aliphatic rings. The highest BCUT2D eigenvalue weighted by Crippen LogP contribution is 2.45. The first-order valence-electron chi connectivity index (χ1n) is 34.7. The summed E-state index contributed by atoms with van der Waals surface area (Å²) in [5.41, 5.74) is 0. The summed E-state index contributed by atoms with van der Waals surface area (Å²) in [7, 11) is -9.88. The Bertz CT molecular complexity index is 1650. The maximum atomic E-state index is 13.0. The molecule has 0 heterocycles. The highest BCUT2D eigenvalue weighted by Gasteiger charge is 2.30. The summed E-state index contributed by atoms with van der Waals surface area (Å²) in [5, 5.41) is 10.5. The second kappa shape index (κ2) is 59.7. The number of hydrogen-bond donors (Lipinski definition) is 3. The third kappa shape index (κ3) is 59.5. The van der Waals surface area contributed by atoms with Gasteiger partial charge in [-0.3, -0.25) is 37.3 Å². The first kappa shape index (κ1) is 83.1. The van der Waals surface area contributed by atoms with Gasteiger partial charge in [-0.25, -0.2) is 9.13 Å². The molecule has 85 heavy (non-hydrogen) atoms. The maximum absolute atomic E-state index is 13.0. The quantitative estimate of drug-likeness (QED) is 0.0222. The molecule has 0 bridgehead atoms. The minimum Gasteiger partial charge on any atom is -0.462 e. The standard InChI is InChI=1S/C66H128O17P2/c1-6-10-13-16-18-20-22-23-24-25-26-27-28-29-31-37-42-47-52-66(71)83-62(56-77-64(69)50-45-40-35-33-32-34-39-43-48-59(5)9-4)58-81-85(74,75)79-54-60(67)53-78-84(72,73)80-57-61(55-76-63(68)49-44-38-15-12-8-3)82-65(70)51-46-41-36-30-21-19-17-14-11-7-2/h59-62,67H,6-58H2,1-5H3,(H,72,73)(H,74,75)/t59?,60-,61+,62+/m0/s1. The van der Waals surface area contributed by atoms with E-state index in [4.69, 9.17) is 37.0 Å². The van der Waals surface area contributed by atoms with Crippen molar-refractivity contribution in [2.75, 3.05) is 39.6 Å². The number of ether oxygens (including phenoxy) is 4. The molecule has 3 unspecified atom stereocenters. The average molecular weight is 1260 g/mol. The smallest absolute Gasteiger partial charge is 0.462 e. The van der Waals surface area contributed by atoms with Crippen LogP contribution in [0.5, 0.6) is 0 Å². The number of rotatable bonds is 66. The minimum absolute atomic E-state index is 0.106. The van der Waals surface area contributed by atoms with Gasteiger partial charge in [-0.2, -0.15) is 0 Å². The molecule has 0 aromatic rings. The van der Waals surface area contributed by atoms with Crippen LogP contribution in [0.3, 0.4) is 0 Å². The Balaban J connectivity index is 5.15. The van der Waals surface area contributed by atoms with Gasteiger partial charge in [-0.15, -0.1) is 0 Å². The summed E-state index contributed by atoms with van der Waals surface area (Å²) in [5.74, 6) is -1.36. The van der Waals surface area contributed by atoms with Gasteiger partial charge in [0.15, 0.2) is 12.2 Å². The molecule has 0 spiro atoms. The number of esters is 4. The molecule has 0 aromatic carbocycles. The predicted molar refractivity (Wildman–Crippen MR) is 340 cm³/mol. The fourth-order valence-electron chi connectivity index (χ4n) is 9.90. The predicted octanol–water partition coefficient (Wildman–Crippen LogP) is 18.6. The van der Waals surface area contributed by atoms with Crippen LogP contribution in [0.2, 0.25) is 0 Å². The van der Waals surface area contributed by atoms with Gasteiger partial charge in [-0.05, 0) is 31.6 Å². The van der Waals surface area contributed by atoms with Crippen LogP contribution < -0.4 is 0 Å². The van der Waals surface area contributed by atoms with Gasteiger partial charge < -0.3 is 33.8 Å². The molecule has 504 valence electrons. The number of unbranched alkanes of at least 4 members (excludes halogenated alkanes) is 37. The van der Waals surface area contributed by atoms with Gasteiger partial charge in [0.2, 0.25) is 0 Å². The summed E-state index contributed by atoms with van der Waals surface area (Å²) >= 11 is 0. The van der Waals surface area contributed by atoms with Gasteiger partial charge in [-0.1, -0.05) is 285 Å². The van der Waals surface area contributed by atoms with Crippen molar-refractivity contribution in [3.63, 3.8) is 0 Å². The number of hydrogen-bond acceptors (Lipinski definition) is 15. The minimum atomic E-state index is -4.95. The van der Waals surface area contributed by atoms with E-state index < -0.39 is 97.5 Å².